The van der Waals surface area contributed by atoms with Crippen LogP contribution >= 0.6 is 11.8 Å². The molecule has 1 heterocycles. The summed E-state index contributed by atoms with van der Waals surface area (Å²) in [5.74, 6) is 2.17. The van der Waals surface area contributed by atoms with Gasteiger partial charge in [0.25, 0.3) is 5.56 Å². The zero-order valence-electron chi connectivity index (χ0n) is 15.9. The summed E-state index contributed by atoms with van der Waals surface area (Å²) >= 11 is 1.25. The van der Waals surface area contributed by atoms with Gasteiger partial charge in [0.1, 0.15) is 0 Å². The molecule has 2 bridgehead atoms. The highest BCUT2D eigenvalue weighted by molar-refractivity contribution is 7.99. The molecule has 7 heteroatoms. The van der Waals surface area contributed by atoms with Gasteiger partial charge < -0.3 is 10.4 Å². The van der Waals surface area contributed by atoms with Crippen molar-refractivity contribution in [3.63, 3.8) is 0 Å². The lowest BCUT2D eigenvalue weighted by atomic mass is 9.84. The second-order valence-electron chi connectivity index (χ2n) is 8.53. The number of aromatic nitrogens is 2. The molecule has 0 spiro atoms. The number of hydrogen-bond donors (Lipinski definition) is 2. The second-order valence-corrected chi connectivity index (χ2v) is 9.47. The lowest BCUT2D eigenvalue weighted by Gasteiger charge is -2.28. The van der Waals surface area contributed by atoms with Crippen molar-refractivity contribution >= 4 is 17.7 Å². The van der Waals surface area contributed by atoms with Crippen LogP contribution in [0, 0.1) is 17.8 Å². The zero-order valence-corrected chi connectivity index (χ0v) is 16.7. The predicted octanol–water partition coefficient (Wildman–Crippen LogP) is 3.10. The number of nitrogens with one attached hydrogen (secondary N) is 1. The van der Waals surface area contributed by atoms with Crippen molar-refractivity contribution in [2.24, 2.45) is 17.8 Å². The molecule has 4 atom stereocenters. The summed E-state index contributed by atoms with van der Waals surface area (Å²) in [6.07, 6.45) is 9.36. The molecule has 1 amide bonds. The smallest absolute Gasteiger partial charge is 0.258 e. The third-order valence-electron chi connectivity index (χ3n) is 6.75. The first-order valence-corrected chi connectivity index (χ1v) is 11.2. The fourth-order valence-corrected chi connectivity index (χ4v) is 6.38. The molecule has 148 valence electrons. The number of hydrogen-bond acceptors (Lipinski definition) is 5. The Balaban J connectivity index is 1.38. The van der Waals surface area contributed by atoms with E-state index in [0.717, 1.165) is 37.5 Å². The Kier molecular flexibility index (Phi) is 5.48. The molecule has 0 aromatic carbocycles. The molecule has 27 heavy (non-hydrogen) atoms. The summed E-state index contributed by atoms with van der Waals surface area (Å²) in [5.41, 5.74) is -0.229. The topological polar surface area (TPSA) is 84.2 Å². The summed E-state index contributed by atoms with van der Waals surface area (Å²) in [7, 11) is 0. The van der Waals surface area contributed by atoms with Gasteiger partial charge in [-0.05, 0) is 56.8 Å². The van der Waals surface area contributed by atoms with E-state index >= 15 is 0 Å². The molecule has 3 aliphatic rings. The van der Waals surface area contributed by atoms with Gasteiger partial charge in [0, 0.05) is 12.1 Å². The molecule has 0 saturated heterocycles. The minimum atomic E-state index is -0.271. The van der Waals surface area contributed by atoms with Crippen LogP contribution in [0.25, 0.3) is 0 Å². The number of thioether (sulfide) groups is 1. The third kappa shape index (κ3) is 4.03. The Bertz CT molecular complexity index is 759. The highest BCUT2D eigenvalue weighted by Gasteiger charge is 2.42. The average molecular weight is 392 g/mol. The molecule has 3 saturated carbocycles. The van der Waals surface area contributed by atoms with E-state index in [1.807, 2.05) is 0 Å². The maximum atomic E-state index is 12.5. The summed E-state index contributed by atoms with van der Waals surface area (Å²) in [6.45, 7) is 2.12. The molecule has 0 radical (unpaired) electrons. The Labute approximate surface area is 164 Å². The number of rotatable bonds is 6. The van der Waals surface area contributed by atoms with Crippen LogP contribution in [0.3, 0.4) is 0 Å². The van der Waals surface area contributed by atoms with Crippen molar-refractivity contribution in [3.8, 4) is 5.88 Å². The van der Waals surface area contributed by atoms with E-state index in [0.29, 0.717) is 11.1 Å². The molecule has 4 unspecified atom stereocenters. The highest BCUT2D eigenvalue weighted by atomic mass is 32.2. The third-order valence-corrected chi connectivity index (χ3v) is 7.70. The number of carbonyl (C=O) groups is 1. The molecule has 3 aliphatic carbocycles. The van der Waals surface area contributed by atoms with Crippen LogP contribution < -0.4 is 10.9 Å². The van der Waals surface area contributed by atoms with Crippen molar-refractivity contribution < 1.29 is 9.90 Å². The summed E-state index contributed by atoms with van der Waals surface area (Å²) in [5, 5.41) is 13.3. The fraction of sp³-hybridized carbons (Fsp3) is 0.750. The number of amides is 1. The minimum absolute atomic E-state index is 0.0224. The largest absolute Gasteiger partial charge is 0.493 e. The van der Waals surface area contributed by atoms with E-state index in [9.17, 15) is 14.7 Å². The van der Waals surface area contributed by atoms with Gasteiger partial charge in [-0.15, -0.1) is 0 Å². The normalized spacial score (nSPS) is 28.6. The van der Waals surface area contributed by atoms with Gasteiger partial charge in [-0.2, -0.15) is 4.98 Å². The predicted molar refractivity (Wildman–Crippen MR) is 105 cm³/mol. The van der Waals surface area contributed by atoms with Crippen LogP contribution in [0.15, 0.2) is 16.0 Å². The Morgan fingerprint density at radius 3 is 2.78 bits per heavy atom. The number of nitrogens with zero attached hydrogens (tertiary/aromatic N) is 2. The Morgan fingerprint density at radius 1 is 1.33 bits per heavy atom. The van der Waals surface area contributed by atoms with Gasteiger partial charge in [0.05, 0.1) is 11.8 Å². The van der Waals surface area contributed by atoms with Crippen molar-refractivity contribution in [1.29, 1.82) is 0 Å². The van der Waals surface area contributed by atoms with Crippen molar-refractivity contribution in [3.05, 3.63) is 16.4 Å². The first-order valence-electron chi connectivity index (χ1n) is 10.3. The van der Waals surface area contributed by atoms with Crippen LogP contribution in [-0.4, -0.2) is 32.4 Å². The minimum Gasteiger partial charge on any atom is -0.493 e. The van der Waals surface area contributed by atoms with Gasteiger partial charge in [0.15, 0.2) is 5.16 Å². The molecule has 1 aromatic rings. The summed E-state index contributed by atoms with van der Waals surface area (Å²) in [6, 6.07) is 1.49. The van der Waals surface area contributed by atoms with Gasteiger partial charge in [-0.25, -0.2) is 0 Å². The first-order chi connectivity index (χ1) is 13.0. The number of aromatic hydroxyl groups is 1. The van der Waals surface area contributed by atoms with Gasteiger partial charge >= 0.3 is 0 Å². The SMILES string of the molecule is CC(NC(=O)CSc1nc(O)cc(=O)n1C1CCCC1)C1CC2CCC1C2. The van der Waals surface area contributed by atoms with Crippen molar-refractivity contribution in [1.82, 2.24) is 14.9 Å². The zero-order chi connectivity index (χ0) is 19.0. The van der Waals surface area contributed by atoms with Crippen LogP contribution in [0.1, 0.15) is 64.3 Å². The Morgan fingerprint density at radius 2 is 2.11 bits per heavy atom. The maximum Gasteiger partial charge on any atom is 0.258 e. The average Bonchev–Trinajstić information content (AvgIpc) is 3.37. The van der Waals surface area contributed by atoms with Gasteiger partial charge in [-0.3, -0.25) is 14.2 Å². The van der Waals surface area contributed by atoms with Crippen LogP contribution in [0.4, 0.5) is 0 Å². The van der Waals surface area contributed by atoms with E-state index in [-0.39, 0.29) is 35.2 Å². The monoisotopic (exact) mass is 391 g/mol. The lowest BCUT2D eigenvalue weighted by Crippen LogP contribution is -2.41. The van der Waals surface area contributed by atoms with Gasteiger partial charge in [-0.1, -0.05) is 31.0 Å². The number of fused-ring (bicyclic) bond motifs is 2. The van der Waals surface area contributed by atoms with Gasteiger partial charge in [0.2, 0.25) is 11.8 Å². The standard InChI is InChI=1S/C20H29N3O3S/c1-12(16-9-13-6-7-14(16)8-13)21-18(25)11-27-20-22-17(24)10-19(26)23(20)15-4-2-3-5-15/h10,12-16,24H,2-9,11H2,1H3,(H,21,25). The maximum absolute atomic E-state index is 12.5. The van der Waals surface area contributed by atoms with Crippen LogP contribution in [-0.2, 0) is 4.79 Å². The van der Waals surface area contributed by atoms with Crippen LogP contribution in [0.2, 0.25) is 0 Å². The molecule has 4 rings (SSSR count). The summed E-state index contributed by atoms with van der Waals surface area (Å²) in [4.78, 5) is 29.0. The Hall–Kier alpha value is -1.50. The molecule has 1 aromatic heterocycles. The van der Waals surface area contributed by atoms with E-state index in [2.05, 4.69) is 17.2 Å². The van der Waals surface area contributed by atoms with Crippen molar-refractivity contribution in [2.75, 3.05) is 5.75 Å². The van der Waals surface area contributed by atoms with E-state index < -0.39 is 0 Å². The molecular weight excluding hydrogens is 362 g/mol. The summed E-state index contributed by atoms with van der Waals surface area (Å²) < 4.78 is 1.67. The molecule has 0 aliphatic heterocycles. The van der Waals surface area contributed by atoms with E-state index in [1.54, 1.807) is 4.57 Å². The highest BCUT2D eigenvalue weighted by Crippen LogP contribution is 2.49. The van der Waals surface area contributed by atoms with Crippen LogP contribution in [0.5, 0.6) is 5.88 Å². The number of carbonyl (C=O) groups excluding carboxylic acids is 1. The molecule has 2 N–H and O–H groups in total. The lowest BCUT2D eigenvalue weighted by molar-refractivity contribution is -0.119. The van der Waals surface area contributed by atoms with Crippen molar-refractivity contribution in [2.45, 2.75) is 75.5 Å². The van der Waals surface area contributed by atoms with E-state index in [1.165, 1.54) is 43.5 Å². The first kappa shape index (κ1) is 18.8. The second kappa shape index (κ2) is 7.86. The molecular formula is C20H29N3O3S. The quantitative estimate of drug-likeness (QED) is 0.575. The molecule has 3 fully saturated rings. The fourth-order valence-electron chi connectivity index (χ4n) is 5.50. The molecule has 6 nitrogen and oxygen atoms in total. The van der Waals surface area contributed by atoms with E-state index in [4.69, 9.17) is 0 Å².